The van der Waals surface area contributed by atoms with Gasteiger partial charge in [-0.25, -0.2) is 4.39 Å². The second kappa shape index (κ2) is 4.92. The Labute approximate surface area is 114 Å². The van der Waals surface area contributed by atoms with E-state index in [2.05, 4.69) is 22.6 Å². The van der Waals surface area contributed by atoms with E-state index in [1.54, 1.807) is 17.0 Å². The molecule has 1 aromatic carbocycles. The number of halogens is 2. The molecule has 1 aliphatic rings. The summed E-state index contributed by atoms with van der Waals surface area (Å²) in [5.41, 5.74) is 1.80. The summed E-state index contributed by atoms with van der Waals surface area (Å²) in [5, 5.41) is 0. The Morgan fingerprint density at radius 2 is 2.18 bits per heavy atom. The van der Waals surface area contributed by atoms with Crippen molar-refractivity contribution < 1.29 is 9.18 Å². The summed E-state index contributed by atoms with van der Waals surface area (Å²) in [6.07, 6.45) is 1.54. The van der Waals surface area contributed by atoms with Gasteiger partial charge in [-0.15, -0.1) is 0 Å². The predicted molar refractivity (Wildman–Crippen MR) is 75.2 cm³/mol. The lowest BCUT2D eigenvalue weighted by molar-refractivity contribution is -0.118. The number of aryl methyl sites for hydroxylation is 1. The molecule has 1 unspecified atom stereocenters. The van der Waals surface area contributed by atoms with Gasteiger partial charge in [0, 0.05) is 11.7 Å². The summed E-state index contributed by atoms with van der Waals surface area (Å²) < 4.78 is 13.2. The highest BCUT2D eigenvalue weighted by molar-refractivity contribution is 14.1. The zero-order valence-electron chi connectivity index (χ0n) is 9.91. The van der Waals surface area contributed by atoms with E-state index in [1.165, 1.54) is 6.07 Å². The Balaban J connectivity index is 2.52. The zero-order chi connectivity index (χ0) is 12.6. The van der Waals surface area contributed by atoms with Crippen LogP contribution in [0.1, 0.15) is 25.8 Å². The Kier molecular flexibility index (Phi) is 3.70. The number of alkyl halides is 1. The minimum Gasteiger partial charge on any atom is -0.309 e. The molecule has 17 heavy (non-hydrogen) atoms. The van der Waals surface area contributed by atoms with Crippen LogP contribution in [0.5, 0.6) is 0 Å². The third-order valence-corrected chi connectivity index (χ3v) is 4.15. The number of amides is 1. The Morgan fingerprint density at radius 3 is 2.82 bits per heavy atom. The molecule has 0 N–H and O–H groups in total. The van der Waals surface area contributed by atoms with Crippen LogP contribution in [0.2, 0.25) is 0 Å². The molecule has 0 aliphatic carbocycles. The number of rotatable bonds is 1. The molecule has 1 aromatic rings. The van der Waals surface area contributed by atoms with E-state index in [1.807, 2.05) is 13.8 Å². The SMILES string of the molecule is CC(C)N1C(=O)C(I)CCc2cc(F)ccc21. The van der Waals surface area contributed by atoms with Crippen molar-refractivity contribution in [2.45, 2.75) is 36.7 Å². The lowest BCUT2D eigenvalue weighted by atomic mass is 10.1. The third-order valence-electron chi connectivity index (χ3n) is 2.99. The number of hydrogen-bond donors (Lipinski definition) is 0. The third kappa shape index (κ3) is 2.46. The second-order valence-electron chi connectivity index (χ2n) is 4.58. The smallest absolute Gasteiger partial charge is 0.240 e. The molecule has 1 amide bonds. The van der Waals surface area contributed by atoms with Gasteiger partial charge in [-0.1, -0.05) is 22.6 Å². The van der Waals surface area contributed by atoms with E-state index in [-0.39, 0.29) is 21.7 Å². The fourth-order valence-corrected chi connectivity index (χ4v) is 2.81. The van der Waals surface area contributed by atoms with Crippen molar-refractivity contribution in [3.05, 3.63) is 29.6 Å². The Morgan fingerprint density at radius 1 is 1.47 bits per heavy atom. The van der Waals surface area contributed by atoms with Crippen LogP contribution in [0.25, 0.3) is 0 Å². The zero-order valence-corrected chi connectivity index (χ0v) is 12.1. The Bertz CT molecular complexity index is 447. The highest BCUT2D eigenvalue weighted by Crippen LogP contribution is 2.31. The molecule has 1 atom stereocenters. The molecule has 92 valence electrons. The molecule has 2 nitrogen and oxygen atoms in total. The van der Waals surface area contributed by atoms with Crippen molar-refractivity contribution in [3.63, 3.8) is 0 Å². The molecular weight excluding hydrogens is 332 g/mol. The topological polar surface area (TPSA) is 20.3 Å². The molecule has 1 heterocycles. The minimum atomic E-state index is -0.230. The van der Waals surface area contributed by atoms with Gasteiger partial charge in [0.25, 0.3) is 0 Å². The highest BCUT2D eigenvalue weighted by atomic mass is 127. The summed E-state index contributed by atoms with van der Waals surface area (Å²) in [6.45, 7) is 3.97. The standard InChI is InChI=1S/C13H15FINO/c1-8(2)16-12-6-4-10(14)7-9(12)3-5-11(15)13(16)17/h4,6-8,11H,3,5H2,1-2H3. The first-order valence-electron chi connectivity index (χ1n) is 5.76. The van der Waals surface area contributed by atoms with E-state index in [9.17, 15) is 9.18 Å². The first kappa shape index (κ1) is 12.8. The van der Waals surface area contributed by atoms with Gasteiger partial charge < -0.3 is 4.90 Å². The number of carbonyl (C=O) groups excluding carboxylic acids is 1. The number of nitrogens with zero attached hydrogens (tertiary/aromatic N) is 1. The maximum absolute atomic E-state index is 13.2. The summed E-state index contributed by atoms with van der Waals surface area (Å²) in [6, 6.07) is 4.79. The van der Waals surface area contributed by atoms with E-state index < -0.39 is 0 Å². The van der Waals surface area contributed by atoms with E-state index >= 15 is 0 Å². The summed E-state index contributed by atoms with van der Waals surface area (Å²) >= 11 is 2.18. The van der Waals surface area contributed by atoms with Crippen molar-refractivity contribution in [2.24, 2.45) is 0 Å². The number of anilines is 1. The average molecular weight is 347 g/mol. The van der Waals surface area contributed by atoms with Crippen LogP contribution < -0.4 is 4.90 Å². The number of fused-ring (bicyclic) bond motifs is 1. The van der Waals surface area contributed by atoms with Crippen LogP contribution in [0.3, 0.4) is 0 Å². The molecule has 0 radical (unpaired) electrons. The molecule has 2 rings (SSSR count). The van der Waals surface area contributed by atoms with Gasteiger partial charge in [-0.05, 0) is 50.5 Å². The molecule has 0 aromatic heterocycles. The van der Waals surface area contributed by atoms with Crippen molar-refractivity contribution in [3.8, 4) is 0 Å². The fourth-order valence-electron chi connectivity index (χ4n) is 2.20. The van der Waals surface area contributed by atoms with Gasteiger partial charge in [-0.2, -0.15) is 0 Å². The van der Waals surface area contributed by atoms with Gasteiger partial charge >= 0.3 is 0 Å². The fraction of sp³-hybridized carbons (Fsp3) is 0.462. The highest BCUT2D eigenvalue weighted by Gasteiger charge is 2.30. The summed E-state index contributed by atoms with van der Waals surface area (Å²) in [7, 11) is 0. The maximum atomic E-state index is 13.2. The molecule has 0 bridgehead atoms. The molecular formula is C13H15FINO. The second-order valence-corrected chi connectivity index (χ2v) is 6.08. The van der Waals surface area contributed by atoms with Crippen molar-refractivity contribution in [2.75, 3.05) is 4.90 Å². The molecule has 1 aliphatic heterocycles. The Hall–Kier alpha value is -0.650. The molecule has 0 fully saturated rings. The van der Waals surface area contributed by atoms with Gasteiger partial charge in [0.1, 0.15) is 5.82 Å². The normalized spacial score (nSPS) is 20.4. The number of hydrogen-bond acceptors (Lipinski definition) is 1. The maximum Gasteiger partial charge on any atom is 0.240 e. The van der Waals surface area contributed by atoms with E-state index in [4.69, 9.17) is 0 Å². The lowest BCUT2D eigenvalue weighted by Crippen LogP contribution is -2.40. The molecule has 0 saturated heterocycles. The number of benzene rings is 1. The molecule has 0 spiro atoms. The molecule has 4 heteroatoms. The minimum absolute atomic E-state index is 0.0227. The quantitative estimate of drug-likeness (QED) is 0.564. The lowest BCUT2D eigenvalue weighted by Gasteiger charge is -2.28. The van der Waals surface area contributed by atoms with Crippen LogP contribution in [0.4, 0.5) is 10.1 Å². The van der Waals surface area contributed by atoms with Crippen molar-refractivity contribution in [1.82, 2.24) is 0 Å². The number of carbonyl (C=O) groups is 1. The first-order chi connectivity index (χ1) is 8.00. The van der Waals surface area contributed by atoms with Crippen LogP contribution in [-0.4, -0.2) is 15.9 Å². The van der Waals surface area contributed by atoms with Crippen LogP contribution >= 0.6 is 22.6 Å². The largest absolute Gasteiger partial charge is 0.309 e. The molecule has 0 saturated carbocycles. The summed E-state index contributed by atoms with van der Waals surface area (Å²) in [4.78, 5) is 14.0. The van der Waals surface area contributed by atoms with Gasteiger partial charge in [0.2, 0.25) is 5.91 Å². The van der Waals surface area contributed by atoms with Crippen LogP contribution in [0, 0.1) is 5.82 Å². The van der Waals surface area contributed by atoms with Gasteiger partial charge in [0.05, 0.1) is 3.92 Å². The monoisotopic (exact) mass is 347 g/mol. The van der Waals surface area contributed by atoms with Crippen molar-refractivity contribution in [1.29, 1.82) is 0 Å². The summed E-state index contributed by atoms with van der Waals surface area (Å²) in [5.74, 6) is -0.0993. The van der Waals surface area contributed by atoms with Gasteiger partial charge in [-0.3, -0.25) is 4.79 Å². The van der Waals surface area contributed by atoms with Crippen LogP contribution in [0.15, 0.2) is 18.2 Å². The van der Waals surface area contributed by atoms with Crippen LogP contribution in [-0.2, 0) is 11.2 Å². The van der Waals surface area contributed by atoms with E-state index in [0.717, 1.165) is 24.1 Å². The first-order valence-corrected chi connectivity index (χ1v) is 7.01. The van der Waals surface area contributed by atoms with E-state index in [0.29, 0.717) is 0 Å². The predicted octanol–water partition coefficient (Wildman–Crippen LogP) is 3.32. The van der Waals surface area contributed by atoms with Gasteiger partial charge in [0.15, 0.2) is 0 Å². The average Bonchev–Trinajstić information content (AvgIpc) is 2.38. The van der Waals surface area contributed by atoms with Crippen molar-refractivity contribution >= 4 is 34.2 Å².